The van der Waals surface area contributed by atoms with Gasteiger partial charge in [0.2, 0.25) is 0 Å². The van der Waals surface area contributed by atoms with Crippen molar-refractivity contribution in [3.63, 3.8) is 0 Å². The first-order chi connectivity index (χ1) is 11.3. The standard InChI is InChI=1S/C20H16N2O/c1-23-19-9-5-2-6-16(19)14-10-12-15(13-11-14)20-21-17-7-3-4-8-18(17)22-20/h2-13H,1H3,(H,21,22). The highest BCUT2D eigenvalue weighted by molar-refractivity contribution is 5.80. The Balaban J connectivity index is 1.73. The van der Waals surface area contributed by atoms with Crippen LogP contribution in [0, 0.1) is 0 Å². The number of fused-ring (bicyclic) bond motifs is 1. The van der Waals surface area contributed by atoms with Crippen molar-refractivity contribution in [1.82, 2.24) is 9.97 Å². The first-order valence-corrected chi connectivity index (χ1v) is 7.54. The topological polar surface area (TPSA) is 37.9 Å². The lowest BCUT2D eigenvalue weighted by Gasteiger charge is -2.08. The van der Waals surface area contributed by atoms with Crippen molar-refractivity contribution in [2.45, 2.75) is 0 Å². The molecular weight excluding hydrogens is 284 g/mol. The third kappa shape index (κ3) is 2.46. The number of hydrogen-bond donors (Lipinski definition) is 1. The van der Waals surface area contributed by atoms with Gasteiger partial charge in [-0.25, -0.2) is 4.98 Å². The van der Waals surface area contributed by atoms with Crippen LogP contribution < -0.4 is 4.74 Å². The summed E-state index contributed by atoms with van der Waals surface area (Å²) in [5, 5.41) is 0. The van der Waals surface area contributed by atoms with Crippen molar-refractivity contribution in [3.05, 3.63) is 72.8 Å². The third-order valence-corrected chi connectivity index (χ3v) is 3.97. The van der Waals surface area contributed by atoms with Crippen LogP contribution in [0.3, 0.4) is 0 Å². The van der Waals surface area contributed by atoms with E-state index < -0.39 is 0 Å². The molecule has 0 bridgehead atoms. The van der Waals surface area contributed by atoms with Gasteiger partial charge in [0.15, 0.2) is 0 Å². The first-order valence-electron chi connectivity index (χ1n) is 7.54. The maximum absolute atomic E-state index is 5.44. The van der Waals surface area contributed by atoms with Gasteiger partial charge in [0.05, 0.1) is 18.1 Å². The fourth-order valence-electron chi connectivity index (χ4n) is 2.78. The molecule has 4 aromatic rings. The van der Waals surface area contributed by atoms with Crippen LogP contribution >= 0.6 is 0 Å². The molecule has 3 nitrogen and oxygen atoms in total. The fourth-order valence-corrected chi connectivity index (χ4v) is 2.78. The molecule has 0 radical (unpaired) electrons. The zero-order valence-corrected chi connectivity index (χ0v) is 12.8. The van der Waals surface area contributed by atoms with Gasteiger partial charge in [-0.2, -0.15) is 0 Å². The van der Waals surface area contributed by atoms with Crippen LogP contribution in [0.25, 0.3) is 33.5 Å². The van der Waals surface area contributed by atoms with Crippen molar-refractivity contribution in [2.24, 2.45) is 0 Å². The van der Waals surface area contributed by atoms with E-state index in [2.05, 4.69) is 40.3 Å². The number of benzene rings is 3. The molecule has 0 aliphatic rings. The Morgan fingerprint density at radius 3 is 2.26 bits per heavy atom. The molecule has 4 rings (SSSR count). The smallest absolute Gasteiger partial charge is 0.138 e. The quantitative estimate of drug-likeness (QED) is 0.584. The molecule has 1 N–H and O–H groups in total. The number of imidazole rings is 1. The molecule has 0 unspecified atom stereocenters. The lowest BCUT2D eigenvalue weighted by atomic mass is 10.0. The number of aromatic nitrogens is 2. The molecular formula is C20H16N2O. The number of methoxy groups -OCH3 is 1. The summed E-state index contributed by atoms with van der Waals surface area (Å²) < 4.78 is 5.44. The SMILES string of the molecule is COc1ccccc1-c1ccc(-c2nc3ccccc3[nH]2)cc1. The Kier molecular flexibility index (Phi) is 3.31. The van der Waals surface area contributed by atoms with Crippen molar-refractivity contribution < 1.29 is 4.74 Å². The highest BCUT2D eigenvalue weighted by Crippen LogP contribution is 2.31. The Morgan fingerprint density at radius 1 is 0.783 bits per heavy atom. The van der Waals surface area contributed by atoms with Gasteiger partial charge in [0.25, 0.3) is 0 Å². The van der Waals surface area contributed by atoms with Crippen molar-refractivity contribution in [1.29, 1.82) is 0 Å². The van der Waals surface area contributed by atoms with E-state index in [9.17, 15) is 0 Å². The highest BCUT2D eigenvalue weighted by Gasteiger charge is 2.07. The number of rotatable bonds is 3. The maximum atomic E-state index is 5.44. The second-order valence-electron chi connectivity index (χ2n) is 5.38. The zero-order chi connectivity index (χ0) is 15.6. The van der Waals surface area contributed by atoms with Crippen LogP contribution in [0.15, 0.2) is 72.8 Å². The summed E-state index contributed by atoms with van der Waals surface area (Å²) in [5.41, 5.74) is 5.32. The predicted octanol–water partition coefficient (Wildman–Crippen LogP) is 4.91. The van der Waals surface area contributed by atoms with E-state index in [0.29, 0.717) is 0 Å². The molecule has 1 heterocycles. The molecule has 0 amide bonds. The average molecular weight is 300 g/mol. The highest BCUT2D eigenvalue weighted by atomic mass is 16.5. The maximum Gasteiger partial charge on any atom is 0.138 e. The number of aromatic amines is 1. The van der Waals surface area contributed by atoms with Crippen LogP contribution in [0.4, 0.5) is 0 Å². The summed E-state index contributed by atoms with van der Waals surface area (Å²) in [6, 6.07) is 24.5. The van der Waals surface area contributed by atoms with Crippen molar-refractivity contribution >= 4 is 11.0 Å². The third-order valence-electron chi connectivity index (χ3n) is 3.97. The Labute approximate surface area is 134 Å². The van der Waals surface area contributed by atoms with E-state index in [1.807, 2.05) is 42.5 Å². The summed E-state index contributed by atoms with van der Waals surface area (Å²) in [4.78, 5) is 8.00. The molecule has 0 spiro atoms. The lowest BCUT2D eigenvalue weighted by Crippen LogP contribution is -1.87. The normalized spacial score (nSPS) is 10.8. The molecule has 3 aromatic carbocycles. The molecule has 0 fully saturated rings. The van der Waals surface area contributed by atoms with Gasteiger partial charge in [-0.15, -0.1) is 0 Å². The zero-order valence-electron chi connectivity index (χ0n) is 12.8. The van der Waals surface area contributed by atoms with E-state index in [1.165, 1.54) is 0 Å². The summed E-state index contributed by atoms with van der Waals surface area (Å²) in [6.45, 7) is 0. The van der Waals surface area contributed by atoms with Gasteiger partial charge in [0.1, 0.15) is 11.6 Å². The van der Waals surface area contributed by atoms with Gasteiger partial charge >= 0.3 is 0 Å². The van der Waals surface area contributed by atoms with Crippen LogP contribution in [0.5, 0.6) is 5.75 Å². The predicted molar refractivity (Wildman–Crippen MR) is 93.5 cm³/mol. The van der Waals surface area contributed by atoms with Crippen LogP contribution in [0.1, 0.15) is 0 Å². The monoisotopic (exact) mass is 300 g/mol. The molecule has 1 aromatic heterocycles. The van der Waals surface area contributed by atoms with E-state index in [1.54, 1.807) is 7.11 Å². The van der Waals surface area contributed by atoms with Crippen LogP contribution in [-0.4, -0.2) is 17.1 Å². The molecule has 0 aliphatic heterocycles. The number of para-hydroxylation sites is 3. The molecule has 0 saturated heterocycles. The minimum absolute atomic E-state index is 0.879. The van der Waals surface area contributed by atoms with Gasteiger partial charge in [-0.05, 0) is 23.8 Å². The summed E-state index contributed by atoms with van der Waals surface area (Å²) in [5.74, 6) is 1.77. The molecule has 0 aliphatic carbocycles. The minimum Gasteiger partial charge on any atom is -0.496 e. The lowest BCUT2D eigenvalue weighted by molar-refractivity contribution is 0.416. The van der Waals surface area contributed by atoms with Gasteiger partial charge in [-0.3, -0.25) is 0 Å². The second-order valence-corrected chi connectivity index (χ2v) is 5.38. The fraction of sp³-hybridized carbons (Fsp3) is 0.0500. The second kappa shape index (κ2) is 5.61. The molecule has 0 atom stereocenters. The van der Waals surface area contributed by atoms with Crippen molar-refractivity contribution in [3.8, 4) is 28.3 Å². The molecule has 112 valence electrons. The molecule has 0 saturated carbocycles. The Morgan fingerprint density at radius 2 is 1.48 bits per heavy atom. The van der Waals surface area contributed by atoms with E-state index in [-0.39, 0.29) is 0 Å². The van der Waals surface area contributed by atoms with Crippen molar-refractivity contribution in [2.75, 3.05) is 7.11 Å². The first kappa shape index (κ1) is 13.6. The summed E-state index contributed by atoms with van der Waals surface area (Å²) >= 11 is 0. The number of hydrogen-bond acceptors (Lipinski definition) is 2. The Hall–Kier alpha value is -3.07. The van der Waals surface area contributed by atoms with Gasteiger partial charge in [0, 0.05) is 11.1 Å². The molecule has 23 heavy (non-hydrogen) atoms. The number of ether oxygens (including phenoxy) is 1. The number of nitrogens with zero attached hydrogens (tertiary/aromatic N) is 1. The van der Waals surface area contributed by atoms with Crippen LogP contribution in [-0.2, 0) is 0 Å². The summed E-state index contributed by atoms with van der Waals surface area (Å²) in [7, 11) is 1.70. The van der Waals surface area contributed by atoms with Gasteiger partial charge in [-0.1, -0.05) is 54.6 Å². The summed E-state index contributed by atoms with van der Waals surface area (Å²) in [6.07, 6.45) is 0. The number of H-pyrrole nitrogens is 1. The largest absolute Gasteiger partial charge is 0.496 e. The average Bonchev–Trinajstić information content (AvgIpc) is 3.06. The van der Waals surface area contributed by atoms with Crippen LogP contribution in [0.2, 0.25) is 0 Å². The number of nitrogens with one attached hydrogen (secondary N) is 1. The van der Waals surface area contributed by atoms with E-state index in [0.717, 1.165) is 39.3 Å². The molecule has 3 heteroatoms. The van der Waals surface area contributed by atoms with E-state index >= 15 is 0 Å². The van der Waals surface area contributed by atoms with E-state index in [4.69, 9.17) is 4.74 Å². The van der Waals surface area contributed by atoms with Gasteiger partial charge < -0.3 is 9.72 Å². The Bertz CT molecular complexity index is 922. The minimum atomic E-state index is 0.879.